The highest BCUT2D eigenvalue weighted by Crippen LogP contribution is 2.39. The first-order chi connectivity index (χ1) is 16.6. The van der Waals surface area contributed by atoms with Crippen LogP contribution < -0.4 is 14.9 Å². The summed E-state index contributed by atoms with van der Waals surface area (Å²) in [6.45, 7) is 3.00. The lowest BCUT2D eigenvalue weighted by molar-refractivity contribution is 0.0714. The third-order valence-corrected chi connectivity index (χ3v) is 6.05. The number of nitrogens with zero attached hydrogens (tertiary/aromatic N) is 1. The summed E-state index contributed by atoms with van der Waals surface area (Å²) in [5.41, 5.74) is 2.35. The first-order valence-corrected chi connectivity index (χ1v) is 11.3. The van der Waals surface area contributed by atoms with Crippen LogP contribution in [0, 0.1) is 0 Å². The van der Waals surface area contributed by atoms with E-state index in [-0.39, 0.29) is 17.1 Å². The van der Waals surface area contributed by atoms with E-state index < -0.39 is 6.04 Å². The maximum Gasteiger partial charge on any atom is 0.291 e. The van der Waals surface area contributed by atoms with E-state index >= 15 is 0 Å². The van der Waals surface area contributed by atoms with Crippen molar-refractivity contribution in [2.24, 2.45) is 0 Å². The van der Waals surface area contributed by atoms with Gasteiger partial charge in [0.05, 0.1) is 30.7 Å². The third kappa shape index (κ3) is 3.81. The van der Waals surface area contributed by atoms with E-state index in [9.17, 15) is 9.59 Å². The second kappa shape index (κ2) is 9.06. The van der Waals surface area contributed by atoms with Crippen molar-refractivity contribution in [3.63, 3.8) is 0 Å². The van der Waals surface area contributed by atoms with E-state index in [0.717, 1.165) is 29.0 Å². The molecule has 0 radical (unpaired) electrons. The molecule has 0 saturated heterocycles. The third-order valence-electron chi connectivity index (χ3n) is 6.05. The smallest absolute Gasteiger partial charge is 0.291 e. The van der Waals surface area contributed by atoms with Crippen molar-refractivity contribution in [3.8, 4) is 11.5 Å². The van der Waals surface area contributed by atoms with Gasteiger partial charge in [-0.2, -0.15) is 0 Å². The highest BCUT2D eigenvalue weighted by atomic mass is 16.5. The number of carbonyl (C=O) groups excluding carboxylic acids is 1. The SMILES string of the molecule is CCCOc1ccc(C2c3c(oc4ccccc4c3=O)C(=O)N2Cc2ccc(OC)cc2)cc1. The van der Waals surface area contributed by atoms with Gasteiger partial charge in [0.15, 0.2) is 5.43 Å². The van der Waals surface area contributed by atoms with Crippen LogP contribution in [0.3, 0.4) is 0 Å². The van der Waals surface area contributed by atoms with Gasteiger partial charge in [0.25, 0.3) is 5.91 Å². The average Bonchev–Trinajstić information content (AvgIpc) is 3.15. The number of rotatable bonds is 7. The standard InChI is InChI=1S/C28H25NO5/c1-3-16-33-21-14-10-19(11-15-21)25-24-26(30)22-6-4-5-7-23(22)34-27(24)28(31)29(25)17-18-8-12-20(32-2)13-9-18/h4-15,25H,3,16-17H2,1-2H3. The molecule has 6 heteroatoms. The summed E-state index contributed by atoms with van der Waals surface area (Å²) >= 11 is 0. The van der Waals surface area contributed by atoms with Gasteiger partial charge in [0.1, 0.15) is 17.1 Å². The molecular weight excluding hydrogens is 430 g/mol. The fourth-order valence-corrected chi connectivity index (χ4v) is 4.37. The molecule has 0 spiro atoms. The zero-order chi connectivity index (χ0) is 23.7. The summed E-state index contributed by atoms with van der Waals surface area (Å²) < 4.78 is 17.0. The second-order valence-corrected chi connectivity index (χ2v) is 8.27. The normalized spacial score (nSPS) is 14.9. The van der Waals surface area contributed by atoms with E-state index in [2.05, 4.69) is 6.92 Å². The summed E-state index contributed by atoms with van der Waals surface area (Å²) in [5, 5.41) is 0.466. The Morgan fingerprint density at radius 2 is 1.62 bits per heavy atom. The minimum atomic E-state index is -0.564. The summed E-state index contributed by atoms with van der Waals surface area (Å²) in [7, 11) is 1.61. The Morgan fingerprint density at radius 1 is 0.912 bits per heavy atom. The number of ether oxygens (including phenoxy) is 2. The van der Waals surface area contributed by atoms with Crippen molar-refractivity contribution in [3.05, 3.63) is 105 Å². The van der Waals surface area contributed by atoms with Gasteiger partial charge in [0.2, 0.25) is 5.76 Å². The van der Waals surface area contributed by atoms with Gasteiger partial charge in [-0.3, -0.25) is 9.59 Å². The Morgan fingerprint density at radius 3 is 2.32 bits per heavy atom. The molecule has 1 aliphatic rings. The maximum absolute atomic E-state index is 13.6. The van der Waals surface area contributed by atoms with Crippen LogP contribution in [-0.2, 0) is 6.54 Å². The van der Waals surface area contributed by atoms with Crippen molar-refractivity contribution in [2.45, 2.75) is 25.9 Å². The Balaban J connectivity index is 1.61. The fraction of sp³-hybridized carbons (Fsp3) is 0.214. The Labute approximate surface area is 197 Å². The molecule has 0 bridgehead atoms. The van der Waals surface area contributed by atoms with Crippen LogP contribution in [0.25, 0.3) is 11.0 Å². The van der Waals surface area contributed by atoms with Gasteiger partial charge in [-0.1, -0.05) is 43.3 Å². The second-order valence-electron chi connectivity index (χ2n) is 8.27. The summed E-state index contributed by atoms with van der Waals surface area (Å²) in [6, 6.07) is 21.6. The van der Waals surface area contributed by atoms with Crippen molar-refractivity contribution >= 4 is 16.9 Å². The highest BCUT2D eigenvalue weighted by Gasteiger charge is 2.42. The number of amides is 1. The lowest BCUT2D eigenvalue weighted by atomic mass is 9.98. The van der Waals surface area contributed by atoms with E-state index in [1.54, 1.807) is 36.3 Å². The molecule has 2 heterocycles. The molecule has 6 nitrogen and oxygen atoms in total. The molecule has 4 aromatic rings. The number of para-hydroxylation sites is 1. The molecule has 1 aromatic heterocycles. The van der Waals surface area contributed by atoms with Gasteiger partial charge < -0.3 is 18.8 Å². The Bertz CT molecular complexity index is 1390. The molecular formula is C28H25NO5. The Hall–Kier alpha value is -4.06. The maximum atomic E-state index is 13.6. The molecule has 34 heavy (non-hydrogen) atoms. The molecule has 0 aliphatic carbocycles. The first kappa shape index (κ1) is 21.8. The van der Waals surface area contributed by atoms with E-state index in [1.807, 2.05) is 48.5 Å². The lowest BCUT2D eigenvalue weighted by Crippen LogP contribution is -2.29. The van der Waals surface area contributed by atoms with E-state index in [4.69, 9.17) is 13.9 Å². The number of hydrogen-bond acceptors (Lipinski definition) is 5. The van der Waals surface area contributed by atoms with Crippen molar-refractivity contribution < 1.29 is 18.7 Å². The highest BCUT2D eigenvalue weighted by molar-refractivity contribution is 5.99. The molecule has 0 saturated carbocycles. The monoisotopic (exact) mass is 455 g/mol. The first-order valence-electron chi connectivity index (χ1n) is 11.3. The van der Waals surface area contributed by atoms with Crippen LogP contribution >= 0.6 is 0 Å². The average molecular weight is 456 g/mol. The molecule has 1 unspecified atom stereocenters. The van der Waals surface area contributed by atoms with Gasteiger partial charge in [-0.15, -0.1) is 0 Å². The van der Waals surface area contributed by atoms with Crippen LogP contribution in [-0.4, -0.2) is 24.5 Å². The van der Waals surface area contributed by atoms with Gasteiger partial charge in [-0.05, 0) is 53.9 Å². The quantitative estimate of drug-likeness (QED) is 0.376. The predicted molar refractivity (Wildman–Crippen MR) is 129 cm³/mol. The van der Waals surface area contributed by atoms with Crippen LogP contribution in [0.15, 0.2) is 82.0 Å². The van der Waals surface area contributed by atoms with Crippen molar-refractivity contribution in [2.75, 3.05) is 13.7 Å². The van der Waals surface area contributed by atoms with Gasteiger partial charge >= 0.3 is 0 Å². The minimum Gasteiger partial charge on any atom is -0.497 e. The van der Waals surface area contributed by atoms with Crippen LogP contribution in [0.5, 0.6) is 11.5 Å². The van der Waals surface area contributed by atoms with E-state index in [1.165, 1.54) is 0 Å². The number of hydrogen-bond donors (Lipinski definition) is 0. The zero-order valence-corrected chi connectivity index (χ0v) is 19.1. The molecule has 0 fully saturated rings. The van der Waals surface area contributed by atoms with Crippen molar-refractivity contribution in [1.82, 2.24) is 4.90 Å². The van der Waals surface area contributed by atoms with Crippen LogP contribution in [0.1, 0.15) is 46.6 Å². The largest absolute Gasteiger partial charge is 0.497 e. The van der Waals surface area contributed by atoms with E-state index in [0.29, 0.717) is 29.7 Å². The zero-order valence-electron chi connectivity index (χ0n) is 19.1. The number of fused-ring (bicyclic) bond motifs is 2. The molecule has 3 aromatic carbocycles. The number of benzene rings is 3. The number of methoxy groups -OCH3 is 1. The molecule has 1 aliphatic heterocycles. The lowest BCUT2D eigenvalue weighted by Gasteiger charge is -2.25. The van der Waals surface area contributed by atoms with Crippen molar-refractivity contribution in [1.29, 1.82) is 0 Å². The fourth-order valence-electron chi connectivity index (χ4n) is 4.37. The minimum absolute atomic E-state index is 0.105. The number of carbonyl (C=O) groups is 1. The van der Waals surface area contributed by atoms with Gasteiger partial charge in [0, 0.05) is 6.54 Å². The van der Waals surface area contributed by atoms with Crippen LogP contribution in [0.2, 0.25) is 0 Å². The molecule has 1 amide bonds. The predicted octanol–water partition coefficient (Wildman–Crippen LogP) is 5.34. The summed E-state index contributed by atoms with van der Waals surface area (Å²) in [4.78, 5) is 28.8. The summed E-state index contributed by atoms with van der Waals surface area (Å²) in [5.74, 6) is 1.29. The molecule has 0 N–H and O–H groups in total. The Kier molecular flexibility index (Phi) is 5.80. The molecule has 1 atom stereocenters. The van der Waals surface area contributed by atoms with Gasteiger partial charge in [-0.25, -0.2) is 0 Å². The summed E-state index contributed by atoms with van der Waals surface area (Å²) in [6.07, 6.45) is 0.913. The topological polar surface area (TPSA) is 69.0 Å². The van der Waals surface area contributed by atoms with Crippen LogP contribution in [0.4, 0.5) is 0 Å². The molecule has 5 rings (SSSR count). The molecule has 172 valence electrons.